The van der Waals surface area contributed by atoms with Crippen molar-refractivity contribution >= 4 is 21.2 Å². The lowest BCUT2D eigenvalue weighted by Crippen LogP contribution is -2.07. The number of hydrogen-bond acceptors (Lipinski definition) is 6. The molecule has 0 bridgehead atoms. The van der Waals surface area contributed by atoms with Gasteiger partial charge in [-0.2, -0.15) is 5.10 Å². The maximum absolute atomic E-state index is 11.8. The minimum Gasteiger partial charge on any atom is -0.375 e. The summed E-state index contributed by atoms with van der Waals surface area (Å²) in [5, 5.41) is 18.6. The quantitative estimate of drug-likeness (QED) is 0.515. The number of rotatable bonds is 6. The van der Waals surface area contributed by atoms with Gasteiger partial charge < -0.3 is 5.32 Å². The van der Waals surface area contributed by atoms with Gasteiger partial charge in [-0.1, -0.05) is 24.3 Å². The molecule has 3 aromatic rings. The number of benzene rings is 2. The van der Waals surface area contributed by atoms with E-state index in [9.17, 15) is 18.5 Å². The second-order valence-corrected chi connectivity index (χ2v) is 8.12. The molecule has 0 fully saturated rings. The van der Waals surface area contributed by atoms with Crippen LogP contribution in [0.5, 0.6) is 0 Å². The Morgan fingerprint density at radius 3 is 2.56 bits per heavy atom. The highest BCUT2D eigenvalue weighted by Crippen LogP contribution is 2.32. The van der Waals surface area contributed by atoms with Gasteiger partial charge in [0.05, 0.1) is 11.1 Å². The average molecular weight is 386 g/mol. The zero-order valence-electron chi connectivity index (χ0n) is 14.8. The number of nitro groups is 1. The molecule has 0 atom stereocenters. The van der Waals surface area contributed by atoms with Gasteiger partial charge in [0.1, 0.15) is 10.6 Å². The number of sulfone groups is 1. The molecule has 0 aliphatic heterocycles. The third-order valence-electron chi connectivity index (χ3n) is 4.03. The predicted molar refractivity (Wildman–Crippen MR) is 102 cm³/mol. The SMILES string of the molecule is Cn1cc(-c2cccc(CNc3cccc(S(C)(=O)=O)c3[N+](=O)[O-])c2)cn1. The van der Waals surface area contributed by atoms with Gasteiger partial charge in [-0.25, -0.2) is 8.42 Å². The number of aromatic nitrogens is 2. The summed E-state index contributed by atoms with van der Waals surface area (Å²) in [6.45, 7) is 0.308. The summed E-state index contributed by atoms with van der Waals surface area (Å²) in [7, 11) is -1.88. The van der Waals surface area contributed by atoms with Gasteiger partial charge in [-0.3, -0.25) is 14.8 Å². The Morgan fingerprint density at radius 2 is 1.93 bits per heavy atom. The summed E-state index contributed by atoms with van der Waals surface area (Å²) in [5.41, 5.74) is 2.56. The first-order chi connectivity index (χ1) is 12.8. The van der Waals surface area contributed by atoms with E-state index in [1.807, 2.05) is 37.5 Å². The van der Waals surface area contributed by atoms with Crippen molar-refractivity contribution in [3.05, 3.63) is 70.5 Å². The second-order valence-electron chi connectivity index (χ2n) is 6.14. The van der Waals surface area contributed by atoms with E-state index in [-0.39, 0.29) is 10.6 Å². The molecule has 0 radical (unpaired) electrons. The van der Waals surface area contributed by atoms with Crippen LogP contribution in [0.2, 0.25) is 0 Å². The summed E-state index contributed by atoms with van der Waals surface area (Å²) in [4.78, 5) is 10.5. The molecule has 140 valence electrons. The minimum absolute atomic E-state index is 0.162. The minimum atomic E-state index is -3.72. The molecule has 3 rings (SSSR count). The number of hydrogen-bond donors (Lipinski definition) is 1. The van der Waals surface area contributed by atoms with E-state index in [1.165, 1.54) is 18.2 Å². The molecule has 0 spiro atoms. The van der Waals surface area contributed by atoms with Gasteiger partial charge in [-0.05, 0) is 29.3 Å². The van der Waals surface area contributed by atoms with E-state index in [0.29, 0.717) is 6.54 Å². The van der Waals surface area contributed by atoms with Crippen molar-refractivity contribution in [2.24, 2.45) is 7.05 Å². The second kappa shape index (κ2) is 7.20. The number of para-hydroxylation sites is 1. The number of nitrogens with zero attached hydrogens (tertiary/aromatic N) is 3. The normalized spacial score (nSPS) is 11.3. The molecule has 0 aliphatic rings. The molecule has 0 aliphatic carbocycles. The lowest BCUT2D eigenvalue weighted by Gasteiger charge is -2.10. The molecule has 27 heavy (non-hydrogen) atoms. The van der Waals surface area contributed by atoms with Gasteiger partial charge >= 0.3 is 5.69 Å². The summed E-state index contributed by atoms with van der Waals surface area (Å²) in [5.74, 6) is 0. The van der Waals surface area contributed by atoms with Crippen molar-refractivity contribution in [3.63, 3.8) is 0 Å². The van der Waals surface area contributed by atoms with E-state index in [0.717, 1.165) is 22.9 Å². The zero-order chi connectivity index (χ0) is 19.6. The fourth-order valence-electron chi connectivity index (χ4n) is 2.78. The predicted octanol–water partition coefficient (Wildman–Crippen LogP) is 3.01. The molecule has 0 saturated carbocycles. The van der Waals surface area contributed by atoms with Crippen LogP contribution < -0.4 is 5.32 Å². The van der Waals surface area contributed by atoms with E-state index in [2.05, 4.69) is 10.4 Å². The Bertz CT molecular complexity index is 1110. The van der Waals surface area contributed by atoms with Crippen LogP contribution in [0.15, 0.2) is 59.8 Å². The summed E-state index contributed by atoms with van der Waals surface area (Å²) in [6, 6.07) is 11.9. The molecular formula is C18H18N4O4S. The molecule has 8 nitrogen and oxygen atoms in total. The molecule has 0 amide bonds. The fourth-order valence-corrected chi connectivity index (χ4v) is 3.64. The molecule has 1 N–H and O–H groups in total. The van der Waals surface area contributed by atoms with Crippen LogP contribution in [0.25, 0.3) is 11.1 Å². The number of anilines is 1. The Hall–Kier alpha value is -3.20. The van der Waals surface area contributed by atoms with Gasteiger partial charge in [0.2, 0.25) is 0 Å². The topological polar surface area (TPSA) is 107 Å². The highest BCUT2D eigenvalue weighted by Gasteiger charge is 2.25. The highest BCUT2D eigenvalue weighted by atomic mass is 32.2. The average Bonchev–Trinajstić information content (AvgIpc) is 3.05. The maximum atomic E-state index is 11.8. The van der Waals surface area contributed by atoms with E-state index in [1.54, 1.807) is 10.9 Å². The summed E-state index contributed by atoms with van der Waals surface area (Å²) in [6.07, 6.45) is 4.61. The summed E-state index contributed by atoms with van der Waals surface area (Å²) >= 11 is 0. The van der Waals surface area contributed by atoms with Gasteiger partial charge in [0, 0.05) is 31.6 Å². The first kappa shape index (κ1) is 18.6. The van der Waals surface area contributed by atoms with E-state index < -0.39 is 20.4 Å². The number of nitro benzene ring substituents is 1. The lowest BCUT2D eigenvalue weighted by molar-refractivity contribution is -0.386. The van der Waals surface area contributed by atoms with Crippen molar-refractivity contribution < 1.29 is 13.3 Å². The van der Waals surface area contributed by atoms with Gasteiger partial charge in [0.15, 0.2) is 9.84 Å². The first-order valence-electron chi connectivity index (χ1n) is 8.05. The van der Waals surface area contributed by atoms with Crippen molar-refractivity contribution in [2.45, 2.75) is 11.4 Å². The van der Waals surface area contributed by atoms with Crippen molar-refractivity contribution in [1.29, 1.82) is 0 Å². The molecule has 0 unspecified atom stereocenters. The summed E-state index contributed by atoms with van der Waals surface area (Å²) < 4.78 is 25.4. The molecule has 1 aromatic heterocycles. The Labute approximate surface area is 156 Å². The Morgan fingerprint density at radius 1 is 1.19 bits per heavy atom. The van der Waals surface area contributed by atoms with Crippen LogP contribution >= 0.6 is 0 Å². The molecular weight excluding hydrogens is 368 g/mol. The van der Waals surface area contributed by atoms with Crippen molar-refractivity contribution in [2.75, 3.05) is 11.6 Å². The molecule has 2 aromatic carbocycles. The van der Waals surface area contributed by atoms with Crippen LogP contribution in [0.1, 0.15) is 5.56 Å². The van der Waals surface area contributed by atoms with E-state index in [4.69, 9.17) is 0 Å². The smallest absolute Gasteiger partial charge is 0.310 e. The van der Waals surface area contributed by atoms with Gasteiger partial charge in [-0.15, -0.1) is 0 Å². The zero-order valence-corrected chi connectivity index (χ0v) is 15.6. The Balaban J connectivity index is 1.89. The third-order valence-corrected chi connectivity index (χ3v) is 5.16. The molecule has 9 heteroatoms. The van der Waals surface area contributed by atoms with Crippen molar-refractivity contribution in [1.82, 2.24) is 9.78 Å². The third kappa shape index (κ3) is 4.14. The monoisotopic (exact) mass is 386 g/mol. The van der Waals surface area contributed by atoms with E-state index >= 15 is 0 Å². The van der Waals surface area contributed by atoms with Crippen LogP contribution in [0.3, 0.4) is 0 Å². The standard InChI is InChI=1S/C18H18N4O4S/c1-21-12-15(11-20-21)14-6-3-5-13(9-14)10-19-16-7-4-8-17(27(2,25)26)18(16)22(23)24/h3-9,11-12,19H,10H2,1-2H3. The molecule has 0 saturated heterocycles. The van der Waals surface area contributed by atoms with Crippen LogP contribution in [-0.4, -0.2) is 29.4 Å². The van der Waals surface area contributed by atoms with Crippen LogP contribution in [0, 0.1) is 10.1 Å². The lowest BCUT2D eigenvalue weighted by atomic mass is 10.1. The highest BCUT2D eigenvalue weighted by molar-refractivity contribution is 7.90. The van der Waals surface area contributed by atoms with Crippen LogP contribution in [-0.2, 0) is 23.4 Å². The fraction of sp³-hybridized carbons (Fsp3) is 0.167. The number of nitrogens with one attached hydrogen (secondary N) is 1. The van der Waals surface area contributed by atoms with Crippen LogP contribution in [0.4, 0.5) is 11.4 Å². The first-order valence-corrected chi connectivity index (χ1v) is 9.94. The molecule has 1 heterocycles. The Kier molecular flexibility index (Phi) is 4.95. The number of aryl methyl sites for hydroxylation is 1. The van der Waals surface area contributed by atoms with Gasteiger partial charge in [0.25, 0.3) is 0 Å². The largest absolute Gasteiger partial charge is 0.375 e. The van der Waals surface area contributed by atoms with Crippen molar-refractivity contribution in [3.8, 4) is 11.1 Å². The maximum Gasteiger partial charge on any atom is 0.310 e.